The van der Waals surface area contributed by atoms with Gasteiger partial charge in [-0.1, -0.05) is 17.7 Å². The minimum absolute atomic E-state index is 0.0721. The van der Waals surface area contributed by atoms with Crippen molar-refractivity contribution in [2.24, 2.45) is 0 Å². The van der Waals surface area contributed by atoms with E-state index >= 15 is 0 Å². The molecule has 110 valence electrons. The largest absolute Gasteiger partial charge is 0.481 e. The first kappa shape index (κ1) is 15.1. The van der Waals surface area contributed by atoms with E-state index in [1.54, 1.807) is 6.07 Å². The normalized spacial score (nSPS) is 10.3. The predicted octanol–water partition coefficient (Wildman–Crippen LogP) is 2.59. The Labute approximate surface area is 127 Å². The van der Waals surface area contributed by atoms with E-state index in [2.05, 4.69) is 15.3 Å². The van der Waals surface area contributed by atoms with Gasteiger partial charge in [-0.05, 0) is 31.0 Å². The molecule has 0 atom stereocenters. The van der Waals surface area contributed by atoms with Crippen LogP contribution in [0.2, 0.25) is 5.15 Å². The predicted molar refractivity (Wildman–Crippen MR) is 81.9 cm³/mol. The van der Waals surface area contributed by atoms with E-state index in [4.69, 9.17) is 22.1 Å². The van der Waals surface area contributed by atoms with E-state index in [9.17, 15) is 4.79 Å². The minimum atomic E-state index is -0.358. The number of hydrogen-bond donors (Lipinski definition) is 2. The Morgan fingerprint density at radius 3 is 2.62 bits per heavy atom. The molecule has 0 aliphatic carbocycles. The lowest BCUT2D eigenvalue weighted by molar-refractivity contribution is 0.102. The van der Waals surface area contributed by atoms with Crippen molar-refractivity contribution in [1.29, 1.82) is 0 Å². The van der Waals surface area contributed by atoms with Crippen LogP contribution in [0, 0.1) is 13.8 Å². The monoisotopic (exact) mass is 306 g/mol. The molecule has 7 heteroatoms. The molecule has 0 saturated carbocycles. The van der Waals surface area contributed by atoms with Crippen molar-refractivity contribution in [2.75, 3.05) is 18.2 Å². The molecule has 0 fully saturated rings. The average molecular weight is 307 g/mol. The SMILES string of the molecule is COc1cc(Cl)nc(NC(=O)c2cc(N)c(C)cc2C)n1. The molecule has 0 saturated heterocycles. The first-order valence-electron chi connectivity index (χ1n) is 6.17. The number of nitrogens with two attached hydrogens (primary N) is 1. The first-order valence-corrected chi connectivity index (χ1v) is 6.55. The van der Waals surface area contributed by atoms with Gasteiger partial charge in [0.25, 0.3) is 5.91 Å². The number of hydrogen-bond acceptors (Lipinski definition) is 5. The molecule has 2 aromatic rings. The van der Waals surface area contributed by atoms with Gasteiger partial charge < -0.3 is 10.5 Å². The summed E-state index contributed by atoms with van der Waals surface area (Å²) in [6.45, 7) is 3.72. The van der Waals surface area contributed by atoms with E-state index in [-0.39, 0.29) is 22.9 Å². The van der Waals surface area contributed by atoms with E-state index in [1.165, 1.54) is 13.2 Å². The smallest absolute Gasteiger partial charge is 0.258 e. The zero-order chi connectivity index (χ0) is 15.6. The highest BCUT2D eigenvalue weighted by atomic mass is 35.5. The van der Waals surface area contributed by atoms with Crippen LogP contribution in [0.3, 0.4) is 0 Å². The maximum Gasteiger partial charge on any atom is 0.258 e. The zero-order valence-electron chi connectivity index (χ0n) is 11.9. The van der Waals surface area contributed by atoms with Crippen molar-refractivity contribution in [3.8, 4) is 5.88 Å². The van der Waals surface area contributed by atoms with Crippen LogP contribution >= 0.6 is 11.6 Å². The van der Waals surface area contributed by atoms with Gasteiger partial charge in [-0.3, -0.25) is 10.1 Å². The van der Waals surface area contributed by atoms with Crippen molar-refractivity contribution in [1.82, 2.24) is 9.97 Å². The Morgan fingerprint density at radius 2 is 1.95 bits per heavy atom. The molecule has 0 radical (unpaired) electrons. The van der Waals surface area contributed by atoms with Crippen LogP contribution in [0.15, 0.2) is 18.2 Å². The van der Waals surface area contributed by atoms with E-state index in [1.807, 2.05) is 19.9 Å². The van der Waals surface area contributed by atoms with Crippen LogP contribution in [-0.4, -0.2) is 23.0 Å². The number of benzene rings is 1. The van der Waals surface area contributed by atoms with Gasteiger partial charge in [0.2, 0.25) is 11.8 Å². The Bertz CT molecular complexity index is 704. The number of carbonyl (C=O) groups excluding carboxylic acids is 1. The molecule has 1 aromatic heterocycles. The van der Waals surface area contributed by atoms with Crippen LogP contribution in [0.25, 0.3) is 0 Å². The van der Waals surface area contributed by atoms with Crippen molar-refractivity contribution in [3.05, 3.63) is 40.0 Å². The van der Waals surface area contributed by atoms with Crippen molar-refractivity contribution < 1.29 is 9.53 Å². The summed E-state index contributed by atoms with van der Waals surface area (Å²) in [5.41, 5.74) is 8.58. The summed E-state index contributed by atoms with van der Waals surface area (Å²) in [4.78, 5) is 20.2. The summed E-state index contributed by atoms with van der Waals surface area (Å²) in [5, 5.41) is 2.76. The number of halogens is 1. The van der Waals surface area contributed by atoms with E-state index in [0.717, 1.165) is 11.1 Å². The summed E-state index contributed by atoms with van der Waals surface area (Å²) < 4.78 is 4.97. The fourth-order valence-electron chi connectivity index (χ4n) is 1.84. The molecule has 0 aliphatic rings. The molecule has 0 spiro atoms. The Hall–Kier alpha value is -2.34. The van der Waals surface area contributed by atoms with Gasteiger partial charge in [0.05, 0.1) is 7.11 Å². The van der Waals surface area contributed by atoms with Gasteiger partial charge >= 0.3 is 0 Å². The molecule has 1 amide bonds. The topological polar surface area (TPSA) is 90.1 Å². The van der Waals surface area contributed by atoms with E-state index < -0.39 is 0 Å². The number of rotatable bonds is 3. The van der Waals surface area contributed by atoms with Crippen molar-refractivity contribution in [3.63, 3.8) is 0 Å². The quantitative estimate of drug-likeness (QED) is 0.672. The molecule has 0 bridgehead atoms. The molecule has 2 rings (SSSR count). The number of amides is 1. The summed E-state index contributed by atoms with van der Waals surface area (Å²) in [6, 6.07) is 4.93. The molecule has 0 unspecified atom stereocenters. The number of methoxy groups -OCH3 is 1. The van der Waals surface area contributed by atoms with Crippen LogP contribution in [-0.2, 0) is 0 Å². The highest BCUT2D eigenvalue weighted by Crippen LogP contribution is 2.20. The van der Waals surface area contributed by atoms with Gasteiger partial charge in [0.15, 0.2) is 0 Å². The lowest BCUT2D eigenvalue weighted by atomic mass is 10.0. The fourth-order valence-corrected chi connectivity index (χ4v) is 2.01. The number of anilines is 2. The molecular formula is C14H15ClN4O2. The fraction of sp³-hybridized carbons (Fsp3) is 0.214. The average Bonchev–Trinajstić information content (AvgIpc) is 2.42. The van der Waals surface area contributed by atoms with Crippen LogP contribution in [0.5, 0.6) is 5.88 Å². The summed E-state index contributed by atoms with van der Waals surface area (Å²) in [7, 11) is 1.45. The van der Waals surface area contributed by atoms with Crippen LogP contribution in [0.4, 0.5) is 11.6 Å². The molecule has 6 nitrogen and oxygen atoms in total. The second kappa shape index (κ2) is 5.97. The standard InChI is InChI=1S/C14H15ClN4O2/c1-7-4-8(2)10(16)5-9(7)13(20)19-14-17-11(15)6-12(18-14)21-3/h4-6H,16H2,1-3H3,(H,17,18,19,20). The number of aromatic nitrogens is 2. The Balaban J connectivity index is 2.30. The van der Waals surface area contributed by atoms with Gasteiger partial charge in [0.1, 0.15) is 5.15 Å². The van der Waals surface area contributed by atoms with Gasteiger partial charge in [-0.2, -0.15) is 4.98 Å². The number of nitrogen functional groups attached to an aromatic ring is 1. The molecular weight excluding hydrogens is 292 g/mol. The number of nitrogens with one attached hydrogen (secondary N) is 1. The third kappa shape index (κ3) is 3.41. The van der Waals surface area contributed by atoms with Crippen molar-refractivity contribution >= 4 is 29.1 Å². The molecule has 0 aliphatic heterocycles. The Kier molecular flexibility index (Phi) is 4.28. The third-order valence-electron chi connectivity index (χ3n) is 2.96. The van der Waals surface area contributed by atoms with Gasteiger partial charge in [-0.15, -0.1) is 0 Å². The lowest BCUT2D eigenvalue weighted by Crippen LogP contribution is -2.16. The van der Waals surface area contributed by atoms with Crippen molar-refractivity contribution in [2.45, 2.75) is 13.8 Å². The number of carbonyl (C=O) groups is 1. The molecule has 21 heavy (non-hydrogen) atoms. The molecule has 3 N–H and O–H groups in total. The lowest BCUT2D eigenvalue weighted by Gasteiger charge is -2.10. The Morgan fingerprint density at radius 1 is 1.24 bits per heavy atom. The second-order valence-electron chi connectivity index (χ2n) is 4.53. The van der Waals surface area contributed by atoms with Gasteiger partial charge in [0, 0.05) is 17.3 Å². The van der Waals surface area contributed by atoms with E-state index in [0.29, 0.717) is 11.3 Å². The zero-order valence-corrected chi connectivity index (χ0v) is 12.7. The third-order valence-corrected chi connectivity index (χ3v) is 3.16. The van der Waals surface area contributed by atoms with Gasteiger partial charge in [-0.25, -0.2) is 4.98 Å². The summed E-state index contributed by atoms with van der Waals surface area (Å²) in [6.07, 6.45) is 0. The summed E-state index contributed by atoms with van der Waals surface area (Å²) >= 11 is 5.83. The summed E-state index contributed by atoms with van der Waals surface area (Å²) in [5.74, 6) is -0.0168. The molecule has 1 heterocycles. The molecule has 1 aromatic carbocycles. The first-order chi connectivity index (χ1) is 9.90. The highest BCUT2D eigenvalue weighted by molar-refractivity contribution is 6.29. The minimum Gasteiger partial charge on any atom is -0.481 e. The van der Waals surface area contributed by atoms with Crippen LogP contribution in [0.1, 0.15) is 21.5 Å². The maximum absolute atomic E-state index is 12.3. The highest BCUT2D eigenvalue weighted by Gasteiger charge is 2.13. The number of nitrogens with zero attached hydrogens (tertiary/aromatic N) is 2. The maximum atomic E-state index is 12.3. The van der Waals surface area contributed by atoms with Crippen LogP contribution < -0.4 is 15.8 Å². The number of aryl methyl sites for hydroxylation is 2. The second-order valence-corrected chi connectivity index (χ2v) is 4.92. The number of ether oxygens (including phenoxy) is 1.